The van der Waals surface area contributed by atoms with Crippen LogP contribution in [0.15, 0.2) is 33.4 Å². The Morgan fingerprint density at radius 3 is 2.89 bits per heavy atom. The maximum atomic E-state index is 13.6. The molecule has 0 aliphatic heterocycles. The van der Waals surface area contributed by atoms with Crippen LogP contribution in [0.4, 0.5) is 5.00 Å². The highest BCUT2D eigenvalue weighted by molar-refractivity contribution is 7.17. The van der Waals surface area contributed by atoms with Gasteiger partial charge in [-0.2, -0.15) is 0 Å². The minimum atomic E-state index is -0.358. The molecule has 0 unspecified atom stereocenters. The number of carbonyl (C=O) groups excluding carboxylic acids is 2. The zero-order valence-corrected chi connectivity index (χ0v) is 20.4. The number of fused-ring (bicyclic) bond motifs is 2. The zero-order chi connectivity index (χ0) is 24.4. The molecule has 182 valence electrons. The first-order valence-corrected chi connectivity index (χ1v) is 12.4. The third kappa shape index (κ3) is 4.59. The number of nitrogens with one attached hydrogen (secondary N) is 2. The predicted octanol–water partition coefficient (Wildman–Crippen LogP) is 4.75. The Kier molecular flexibility index (Phi) is 6.65. The van der Waals surface area contributed by atoms with Crippen LogP contribution in [0.25, 0.3) is 22.6 Å². The number of carbonyl (C=O) groups is 2. The summed E-state index contributed by atoms with van der Waals surface area (Å²) < 4.78 is 15.9. The maximum Gasteiger partial charge on any atom is 0.259 e. The second kappa shape index (κ2) is 10.0. The summed E-state index contributed by atoms with van der Waals surface area (Å²) >= 11 is 1.48. The molecule has 35 heavy (non-hydrogen) atoms. The van der Waals surface area contributed by atoms with Crippen LogP contribution in [0, 0.1) is 6.92 Å². The van der Waals surface area contributed by atoms with Crippen LogP contribution in [0.5, 0.6) is 0 Å². The molecule has 0 aromatic carbocycles. The summed E-state index contributed by atoms with van der Waals surface area (Å²) in [6, 6.07) is 5.18. The molecule has 2 amide bonds. The molecule has 10 heteroatoms. The molecule has 1 aliphatic rings. The van der Waals surface area contributed by atoms with Crippen molar-refractivity contribution in [3.05, 3.63) is 51.7 Å². The summed E-state index contributed by atoms with van der Waals surface area (Å²) in [6.45, 7) is 2.83. The second-order valence-corrected chi connectivity index (χ2v) is 9.56. The van der Waals surface area contributed by atoms with Gasteiger partial charge in [0.2, 0.25) is 0 Å². The Bertz CT molecular complexity index is 1370. The van der Waals surface area contributed by atoms with E-state index in [0.29, 0.717) is 58.2 Å². The van der Waals surface area contributed by atoms with E-state index in [1.807, 2.05) is 0 Å². The van der Waals surface area contributed by atoms with Crippen molar-refractivity contribution in [1.82, 2.24) is 15.5 Å². The Morgan fingerprint density at radius 1 is 1.23 bits per heavy atom. The van der Waals surface area contributed by atoms with Crippen molar-refractivity contribution in [1.29, 1.82) is 0 Å². The molecule has 0 bridgehead atoms. The van der Waals surface area contributed by atoms with Crippen LogP contribution in [-0.4, -0.2) is 42.2 Å². The second-order valence-electron chi connectivity index (χ2n) is 8.45. The molecule has 4 heterocycles. The fraction of sp³-hybridized carbons (Fsp3) is 0.360. The first-order chi connectivity index (χ1) is 17.1. The van der Waals surface area contributed by atoms with E-state index in [0.717, 1.165) is 36.1 Å². The van der Waals surface area contributed by atoms with Crippen LogP contribution < -0.4 is 10.6 Å². The van der Waals surface area contributed by atoms with Gasteiger partial charge >= 0.3 is 0 Å². The molecule has 0 spiro atoms. The van der Waals surface area contributed by atoms with E-state index < -0.39 is 0 Å². The van der Waals surface area contributed by atoms with Crippen molar-refractivity contribution in [2.75, 3.05) is 25.6 Å². The van der Waals surface area contributed by atoms with E-state index in [1.54, 1.807) is 38.5 Å². The summed E-state index contributed by atoms with van der Waals surface area (Å²) in [7, 11) is 1.63. The van der Waals surface area contributed by atoms with Gasteiger partial charge in [0.25, 0.3) is 17.5 Å². The minimum Gasteiger partial charge on any atom is -0.463 e. The van der Waals surface area contributed by atoms with Crippen LogP contribution in [0.3, 0.4) is 0 Å². The van der Waals surface area contributed by atoms with Gasteiger partial charge in [0.05, 0.1) is 28.5 Å². The molecule has 0 fully saturated rings. The molecule has 5 rings (SSSR count). The lowest BCUT2D eigenvalue weighted by atomic mass is 9.95. The highest BCUT2D eigenvalue weighted by Gasteiger charge is 2.28. The van der Waals surface area contributed by atoms with Crippen molar-refractivity contribution in [2.24, 2.45) is 0 Å². The van der Waals surface area contributed by atoms with Gasteiger partial charge in [-0.05, 0) is 62.8 Å². The van der Waals surface area contributed by atoms with Crippen molar-refractivity contribution in [3.8, 4) is 11.5 Å². The van der Waals surface area contributed by atoms with Crippen molar-refractivity contribution >= 4 is 39.3 Å². The van der Waals surface area contributed by atoms with E-state index in [1.165, 1.54) is 11.3 Å². The summed E-state index contributed by atoms with van der Waals surface area (Å²) in [5.41, 5.74) is 3.24. The van der Waals surface area contributed by atoms with E-state index in [-0.39, 0.29) is 17.5 Å². The summed E-state index contributed by atoms with van der Waals surface area (Å²) in [6.07, 6.45) is 6.10. The molecule has 4 aromatic rings. The Morgan fingerprint density at radius 2 is 2.09 bits per heavy atom. The minimum absolute atomic E-state index is 0.173. The summed E-state index contributed by atoms with van der Waals surface area (Å²) in [5.74, 6) is -0.0191. The number of rotatable bonds is 8. The molecule has 9 nitrogen and oxygen atoms in total. The number of pyridine rings is 1. The van der Waals surface area contributed by atoms with E-state index in [4.69, 9.17) is 13.7 Å². The molecular weight excluding hydrogens is 468 g/mol. The van der Waals surface area contributed by atoms with Crippen LogP contribution in [-0.2, 0) is 17.6 Å². The molecule has 0 atom stereocenters. The van der Waals surface area contributed by atoms with Crippen LogP contribution in [0.2, 0.25) is 0 Å². The number of furan rings is 1. The number of nitrogens with zero attached hydrogens (tertiary/aromatic N) is 2. The Labute approximate surface area is 205 Å². The van der Waals surface area contributed by atoms with Crippen molar-refractivity contribution in [3.63, 3.8) is 0 Å². The molecule has 0 radical (unpaired) electrons. The number of aromatic nitrogens is 2. The average molecular weight is 495 g/mol. The number of aryl methyl sites for hydroxylation is 2. The van der Waals surface area contributed by atoms with Gasteiger partial charge in [0.15, 0.2) is 5.76 Å². The number of methoxy groups -OCH3 is 1. The molecular formula is C25H26N4O5S. The van der Waals surface area contributed by atoms with Gasteiger partial charge in [-0.1, -0.05) is 5.16 Å². The normalized spacial score (nSPS) is 13.1. The van der Waals surface area contributed by atoms with Gasteiger partial charge in [-0.25, -0.2) is 4.98 Å². The van der Waals surface area contributed by atoms with Gasteiger partial charge in [0, 0.05) is 25.1 Å². The lowest BCUT2D eigenvalue weighted by Gasteiger charge is -2.13. The zero-order valence-electron chi connectivity index (χ0n) is 19.6. The third-order valence-corrected chi connectivity index (χ3v) is 7.28. The first kappa shape index (κ1) is 23.3. The molecule has 0 saturated carbocycles. The average Bonchev–Trinajstić information content (AvgIpc) is 3.60. The monoisotopic (exact) mass is 494 g/mol. The maximum absolute atomic E-state index is 13.6. The number of ether oxygens (including phenoxy) is 1. The van der Waals surface area contributed by atoms with E-state index in [9.17, 15) is 9.59 Å². The lowest BCUT2D eigenvalue weighted by molar-refractivity contribution is 0.0948. The molecule has 2 N–H and O–H groups in total. The largest absolute Gasteiger partial charge is 0.463 e. The molecule has 1 aliphatic carbocycles. The van der Waals surface area contributed by atoms with Crippen LogP contribution >= 0.6 is 11.3 Å². The summed E-state index contributed by atoms with van der Waals surface area (Å²) in [5, 5.41) is 11.1. The van der Waals surface area contributed by atoms with Crippen molar-refractivity contribution < 1.29 is 23.3 Å². The SMILES string of the molecule is COCCCNC(=O)c1c(NC(=O)c2cc(-c3ccco3)nc3onc(C)c23)sc2c1CCCC2. The Balaban J connectivity index is 1.50. The highest BCUT2D eigenvalue weighted by Crippen LogP contribution is 2.39. The van der Waals surface area contributed by atoms with Gasteiger partial charge in [0.1, 0.15) is 10.7 Å². The standard InChI is InChI=1S/C25H26N4O5S/c1-14-20-16(13-17(18-8-5-12-33-18)27-24(20)34-29-14)22(30)28-25-21(23(31)26-10-6-11-32-2)15-7-3-4-9-19(15)35-25/h5,8,12-13H,3-4,6-7,9-11H2,1-2H3,(H,26,31)(H,28,30). The smallest absolute Gasteiger partial charge is 0.259 e. The van der Waals surface area contributed by atoms with Gasteiger partial charge in [-0.15, -0.1) is 11.3 Å². The summed E-state index contributed by atoms with van der Waals surface area (Å²) in [4.78, 5) is 32.4. The number of anilines is 1. The number of hydrogen-bond acceptors (Lipinski definition) is 8. The lowest BCUT2D eigenvalue weighted by Crippen LogP contribution is -2.27. The van der Waals surface area contributed by atoms with Gasteiger partial charge in [-0.3, -0.25) is 9.59 Å². The number of hydrogen-bond donors (Lipinski definition) is 2. The third-order valence-electron chi connectivity index (χ3n) is 6.07. The molecule has 0 saturated heterocycles. The topological polar surface area (TPSA) is 119 Å². The van der Waals surface area contributed by atoms with E-state index in [2.05, 4.69) is 20.8 Å². The fourth-order valence-electron chi connectivity index (χ4n) is 4.40. The quantitative estimate of drug-likeness (QED) is 0.339. The highest BCUT2D eigenvalue weighted by atomic mass is 32.1. The number of amides is 2. The molecule has 4 aromatic heterocycles. The predicted molar refractivity (Wildman–Crippen MR) is 132 cm³/mol. The number of thiophene rings is 1. The fourth-order valence-corrected chi connectivity index (χ4v) is 5.68. The van der Waals surface area contributed by atoms with Crippen LogP contribution in [0.1, 0.15) is 56.1 Å². The van der Waals surface area contributed by atoms with Gasteiger partial charge < -0.3 is 24.3 Å². The van der Waals surface area contributed by atoms with E-state index >= 15 is 0 Å². The van der Waals surface area contributed by atoms with Crippen molar-refractivity contribution in [2.45, 2.75) is 39.0 Å². The Hall–Kier alpha value is -3.50. The first-order valence-electron chi connectivity index (χ1n) is 11.6.